The lowest BCUT2D eigenvalue weighted by Gasteiger charge is -2.13. The molecular weight excluding hydrogens is 398 g/mol. The van der Waals surface area contributed by atoms with Gasteiger partial charge in [0.2, 0.25) is 5.91 Å². The third kappa shape index (κ3) is 4.52. The molecule has 1 unspecified atom stereocenters. The van der Waals surface area contributed by atoms with E-state index in [2.05, 4.69) is 15.5 Å². The number of thioether (sulfide) groups is 1. The number of nitrogens with one attached hydrogen (secondary N) is 1. The van der Waals surface area contributed by atoms with E-state index in [1.807, 2.05) is 47.9 Å². The largest absolute Gasteiger partial charge is 0.351 e. The molecule has 0 aliphatic carbocycles. The Balaban J connectivity index is 2.02. The molecule has 1 atom stereocenters. The van der Waals surface area contributed by atoms with Crippen molar-refractivity contribution in [1.29, 1.82) is 0 Å². The lowest BCUT2D eigenvalue weighted by atomic mass is 10.2. The zero-order valence-corrected chi connectivity index (χ0v) is 16.8. The van der Waals surface area contributed by atoms with E-state index in [9.17, 15) is 9.59 Å². The number of rotatable bonds is 5. The molecule has 3 rings (SSSR count). The number of primary amides is 1. The zero-order valence-electron chi connectivity index (χ0n) is 15.2. The van der Waals surface area contributed by atoms with Crippen LogP contribution in [-0.4, -0.2) is 32.0 Å². The molecule has 28 heavy (non-hydrogen) atoms. The molecule has 2 aromatic carbocycles. The summed E-state index contributed by atoms with van der Waals surface area (Å²) in [6.45, 7) is 3.67. The second-order valence-electron chi connectivity index (χ2n) is 6.10. The summed E-state index contributed by atoms with van der Waals surface area (Å²) in [5.41, 5.74) is 7.83. The van der Waals surface area contributed by atoms with E-state index < -0.39 is 17.2 Å². The van der Waals surface area contributed by atoms with Gasteiger partial charge in [-0.1, -0.05) is 41.1 Å². The maximum absolute atomic E-state index is 12.1. The lowest BCUT2D eigenvalue weighted by Crippen LogP contribution is -2.39. The molecule has 144 valence electrons. The summed E-state index contributed by atoms with van der Waals surface area (Å²) in [5, 5.41) is 11.2. The Hall–Kier alpha value is -2.84. The fraction of sp³-hybridized carbons (Fsp3) is 0.158. The molecular formula is C19H18ClN5O2S. The number of nitrogens with two attached hydrogens (primary N) is 1. The fourth-order valence-corrected chi connectivity index (χ4v) is 3.49. The number of amides is 3. The molecule has 9 heteroatoms. The van der Waals surface area contributed by atoms with Crippen molar-refractivity contribution in [2.75, 3.05) is 0 Å². The first kappa shape index (κ1) is 19.9. The van der Waals surface area contributed by atoms with Crippen molar-refractivity contribution in [3.63, 3.8) is 0 Å². The van der Waals surface area contributed by atoms with Crippen LogP contribution in [0.4, 0.5) is 4.79 Å². The van der Waals surface area contributed by atoms with E-state index in [4.69, 9.17) is 17.3 Å². The number of aromatic nitrogens is 3. The molecule has 7 nitrogen and oxygen atoms in total. The zero-order chi connectivity index (χ0) is 20.3. The minimum atomic E-state index is -0.890. The Bertz CT molecular complexity index is 1000. The molecule has 0 spiro atoms. The van der Waals surface area contributed by atoms with Crippen molar-refractivity contribution < 1.29 is 9.59 Å². The summed E-state index contributed by atoms with van der Waals surface area (Å²) in [4.78, 5) is 23.0. The van der Waals surface area contributed by atoms with Crippen LogP contribution in [-0.2, 0) is 4.79 Å². The van der Waals surface area contributed by atoms with Gasteiger partial charge in [-0.05, 0) is 50.2 Å². The predicted octanol–water partition coefficient (Wildman–Crippen LogP) is 3.57. The molecule has 0 saturated heterocycles. The number of imide groups is 1. The molecule has 0 fully saturated rings. The number of halogens is 1. The van der Waals surface area contributed by atoms with Crippen molar-refractivity contribution in [3.05, 3.63) is 59.1 Å². The summed E-state index contributed by atoms with van der Waals surface area (Å²) in [7, 11) is 0. The van der Waals surface area contributed by atoms with Gasteiger partial charge in [-0.2, -0.15) is 0 Å². The van der Waals surface area contributed by atoms with E-state index in [1.165, 1.54) is 11.8 Å². The van der Waals surface area contributed by atoms with Crippen LogP contribution in [0.1, 0.15) is 12.5 Å². The van der Waals surface area contributed by atoms with Crippen molar-refractivity contribution >= 4 is 35.3 Å². The van der Waals surface area contributed by atoms with Gasteiger partial charge in [0.25, 0.3) is 0 Å². The highest BCUT2D eigenvalue weighted by Gasteiger charge is 2.22. The van der Waals surface area contributed by atoms with Crippen molar-refractivity contribution in [2.24, 2.45) is 5.73 Å². The summed E-state index contributed by atoms with van der Waals surface area (Å²) in [5.74, 6) is 0.120. The highest BCUT2D eigenvalue weighted by Crippen LogP contribution is 2.30. The van der Waals surface area contributed by atoms with Crippen LogP contribution >= 0.6 is 23.4 Å². The summed E-state index contributed by atoms with van der Waals surface area (Å²) in [6, 6.07) is 14.3. The second-order valence-corrected chi connectivity index (χ2v) is 7.84. The van der Waals surface area contributed by atoms with Crippen LogP contribution in [0.3, 0.4) is 0 Å². The van der Waals surface area contributed by atoms with E-state index >= 15 is 0 Å². The molecule has 0 bridgehead atoms. The van der Waals surface area contributed by atoms with Gasteiger partial charge in [0.05, 0.1) is 5.25 Å². The Morgan fingerprint density at radius 3 is 2.36 bits per heavy atom. The minimum Gasteiger partial charge on any atom is -0.351 e. The average molecular weight is 416 g/mol. The normalized spacial score (nSPS) is 11.8. The van der Waals surface area contributed by atoms with Crippen LogP contribution in [0, 0.1) is 6.92 Å². The van der Waals surface area contributed by atoms with E-state index in [-0.39, 0.29) is 0 Å². The molecule has 3 amide bonds. The molecule has 3 aromatic rings. The number of carbonyl (C=O) groups excluding carboxylic acids is 2. The van der Waals surface area contributed by atoms with Crippen molar-refractivity contribution in [1.82, 2.24) is 20.1 Å². The van der Waals surface area contributed by atoms with Gasteiger partial charge in [0, 0.05) is 16.3 Å². The first-order valence-corrected chi connectivity index (χ1v) is 9.66. The van der Waals surface area contributed by atoms with Gasteiger partial charge in [0.15, 0.2) is 11.0 Å². The van der Waals surface area contributed by atoms with Crippen molar-refractivity contribution in [2.45, 2.75) is 24.3 Å². The second kappa shape index (κ2) is 8.45. The topological polar surface area (TPSA) is 103 Å². The molecule has 1 aromatic heterocycles. The number of nitrogens with zero attached hydrogens (tertiary/aromatic N) is 3. The van der Waals surface area contributed by atoms with Crippen LogP contribution in [0.25, 0.3) is 17.1 Å². The Morgan fingerprint density at radius 1 is 1.11 bits per heavy atom. The number of urea groups is 1. The lowest BCUT2D eigenvalue weighted by molar-refractivity contribution is -0.119. The maximum Gasteiger partial charge on any atom is 0.318 e. The van der Waals surface area contributed by atoms with E-state index in [0.29, 0.717) is 16.0 Å². The SMILES string of the molecule is Cc1ccc(-n2c(SC(C)C(=O)NC(N)=O)nnc2-c2ccc(Cl)cc2)cc1. The standard InChI is InChI=1S/C19H18ClN5O2S/c1-11-3-9-15(10-4-11)25-16(13-5-7-14(20)8-6-13)23-24-19(25)28-12(2)17(26)22-18(21)27/h3-10,12H,1-2H3,(H3,21,22,26,27). The minimum absolute atomic E-state index is 0.496. The highest BCUT2D eigenvalue weighted by atomic mass is 35.5. The van der Waals surface area contributed by atoms with Gasteiger partial charge in [0.1, 0.15) is 0 Å². The molecule has 0 aliphatic heterocycles. The van der Waals surface area contributed by atoms with Crippen molar-refractivity contribution in [3.8, 4) is 17.1 Å². The Kier molecular flexibility index (Phi) is 6.01. The molecule has 0 radical (unpaired) electrons. The molecule has 0 aliphatic rings. The number of benzene rings is 2. The van der Waals surface area contributed by atoms with Crippen LogP contribution in [0.2, 0.25) is 5.02 Å². The van der Waals surface area contributed by atoms with E-state index in [0.717, 1.165) is 16.8 Å². The van der Waals surface area contributed by atoms with Gasteiger partial charge >= 0.3 is 6.03 Å². The van der Waals surface area contributed by atoms with E-state index in [1.54, 1.807) is 19.1 Å². The van der Waals surface area contributed by atoms with Gasteiger partial charge in [-0.3, -0.25) is 14.7 Å². The highest BCUT2D eigenvalue weighted by molar-refractivity contribution is 8.00. The van der Waals surface area contributed by atoms with Gasteiger partial charge in [-0.25, -0.2) is 4.79 Å². The summed E-state index contributed by atoms with van der Waals surface area (Å²) in [6.07, 6.45) is 0. The maximum atomic E-state index is 12.1. The van der Waals surface area contributed by atoms with Crippen LogP contribution < -0.4 is 11.1 Å². The van der Waals surface area contributed by atoms with Crippen LogP contribution in [0.15, 0.2) is 53.7 Å². The number of aryl methyl sites for hydroxylation is 1. The average Bonchev–Trinajstić information content (AvgIpc) is 3.06. The summed E-state index contributed by atoms with van der Waals surface area (Å²) < 4.78 is 1.86. The molecule has 1 heterocycles. The number of hydrogen-bond donors (Lipinski definition) is 2. The Labute approximate surface area is 171 Å². The fourth-order valence-electron chi connectivity index (χ4n) is 2.49. The van der Waals surface area contributed by atoms with Crippen LogP contribution in [0.5, 0.6) is 0 Å². The molecule has 0 saturated carbocycles. The monoisotopic (exact) mass is 415 g/mol. The molecule has 3 N–H and O–H groups in total. The number of hydrogen-bond acceptors (Lipinski definition) is 5. The number of carbonyl (C=O) groups is 2. The van der Waals surface area contributed by atoms with Gasteiger partial charge < -0.3 is 5.73 Å². The summed E-state index contributed by atoms with van der Waals surface area (Å²) >= 11 is 7.18. The smallest absolute Gasteiger partial charge is 0.318 e. The third-order valence-corrected chi connectivity index (χ3v) is 5.22. The Morgan fingerprint density at radius 2 is 1.75 bits per heavy atom. The first-order valence-electron chi connectivity index (χ1n) is 8.40. The predicted molar refractivity (Wildman–Crippen MR) is 110 cm³/mol. The van der Waals surface area contributed by atoms with Gasteiger partial charge in [-0.15, -0.1) is 10.2 Å². The first-order chi connectivity index (χ1) is 13.3. The quantitative estimate of drug-likeness (QED) is 0.620. The third-order valence-electron chi connectivity index (χ3n) is 3.93.